The van der Waals surface area contributed by atoms with E-state index in [9.17, 15) is 9.59 Å². The molecule has 0 spiro atoms. The molecule has 0 N–H and O–H groups in total. The van der Waals surface area contributed by atoms with Crippen LogP contribution in [0.4, 0.5) is 0 Å². The van der Waals surface area contributed by atoms with Crippen molar-refractivity contribution in [3.63, 3.8) is 0 Å². The first-order valence-electron chi connectivity index (χ1n) is 8.71. The first-order chi connectivity index (χ1) is 13.5. The van der Waals surface area contributed by atoms with Gasteiger partial charge in [0.05, 0.1) is 6.42 Å². The summed E-state index contributed by atoms with van der Waals surface area (Å²) in [5.41, 5.74) is 2.37. The number of methoxy groups -OCH3 is 2. The Balaban J connectivity index is 2.11. The monoisotopic (exact) mass is 384 g/mol. The Labute approximate surface area is 164 Å². The Bertz CT molecular complexity index is 823. The van der Waals surface area contributed by atoms with Gasteiger partial charge in [-0.05, 0) is 30.2 Å². The molecule has 0 aliphatic heterocycles. The van der Waals surface area contributed by atoms with E-state index in [2.05, 4.69) is 0 Å². The molecule has 0 heterocycles. The molecule has 0 atom stereocenters. The highest BCUT2D eigenvalue weighted by Gasteiger charge is 2.08. The fourth-order valence-electron chi connectivity index (χ4n) is 2.41. The number of carbonyl (C=O) groups is 2. The molecule has 0 saturated carbocycles. The van der Waals surface area contributed by atoms with Gasteiger partial charge in [0.1, 0.15) is 5.78 Å². The standard InChI is InChI=1S/C22H24O6/c1-16(23)12-20(24)19-9-6-17(7-10-19)4-5-18-8-11-21(27-14-25-2)22(13-18)28-15-26-3/h4-11,13H,12,14-15H2,1-3H3. The summed E-state index contributed by atoms with van der Waals surface area (Å²) in [5.74, 6) is 0.795. The van der Waals surface area contributed by atoms with E-state index in [1.165, 1.54) is 6.92 Å². The number of Topliss-reactive ketones (excluding diaryl/α,β-unsaturated/α-hetero) is 2. The van der Waals surface area contributed by atoms with E-state index >= 15 is 0 Å². The number of rotatable bonds is 11. The quantitative estimate of drug-likeness (QED) is 0.253. The van der Waals surface area contributed by atoms with Crippen LogP contribution in [0, 0.1) is 0 Å². The molecular weight excluding hydrogens is 360 g/mol. The lowest BCUT2D eigenvalue weighted by atomic mass is 10.0. The highest BCUT2D eigenvalue weighted by molar-refractivity contribution is 6.07. The maximum atomic E-state index is 11.9. The zero-order valence-electron chi connectivity index (χ0n) is 16.3. The Morgan fingerprint density at radius 3 is 2.00 bits per heavy atom. The summed E-state index contributed by atoms with van der Waals surface area (Å²) in [6.45, 7) is 1.63. The van der Waals surface area contributed by atoms with Crippen molar-refractivity contribution >= 4 is 23.7 Å². The van der Waals surface area contributed by atoms with Crippen molar-refractivity contribution in [3.8, 4) is 11.5 Å². The van der Waals surface area contributed by atoms with Crippen LogP contribution in [-0.2, 0) is 14.3 Å². The number of hydrogen-bond donors (Lipinski definition) is 0. The van der Waals surface area contributed by atoms with E-state index in [-0.39, 0.29) is 31.6 Å². The third-order valence-corrected chi connectivity index (χ3v) is 3.74. The van der Waals surface area contributed by atoms with Crippen LogP contribution in [0.5, 0.6) is 11.5 Å². The Morgan fingerprint density at radius 1 is 0.821 bits per heavy atom. The van der Waals surface area contributed by atoms with Crippen LogP contribution in [0.25, 0.3) is 12.2 Å². The lowest BCUT2D eigenvalue weighted by Gasteiger charge is -2.12. The lowest BCUT2D eigenvalue weighted by molar-refractivity contribution is -0.116. The van der Waals surface area contributed by atoms with Crippen molar-refractivity contribution in [2.24, 2.45) is 0 Å². The van der Waals surface area contributed by atoms with Crippen molar-refractivity contribution in [2.75, 3.05) is 27.8 Å². The lowest BCUT2D eigenvalue weighted by Crippen LogP contribution is -2.04. The van der Waals surface area contributed by atoms with E-state index in [1.807, 2.05) is 36.4 Å². The maximum Gasteiger partial charge on any atom is 0.188 e. The molecule has 0 aliphatic carbocycles. The predicted octanol–water partition coefficient (Wildman–Crippen LogP) is 3.98. The number of carbonyl (C=O) groups excluding carboxylic acids is 2. The molecule has 0 radical (unpaired) electrons. The van der Waals surface area contributed by atoms with E-state index in [0.29, 0.717) is 17.1 Å². The molecule has 2 rings (SSSR count). The van der Waals surface area contributed by atoms with Crippen LogP contribution in [0.15, 0.2) is 42.5 Å². The summed E-state index contributed by atoms with van der Waals surface area (Å²) in [6.07, 6.45) is 3.77. The summed E-state index contributed by atoms with van der Waals surface area (Å²) in [6, 6.07) is 12.6. The van der Waals surface area contributed by atoms with E-state index < -0.39 is 0 Å². The van der Waals surface area contributed by atoms with Crippen LogP contribution in [-0.4, -0.2) is 39.4 Å². The summed E-state index contributed by atoms with van der Waals surface area (Å²) >= 11 is 0. The molecule has 0 unspecified atom stereocenters. The van der Waals surface area contributed by atoms with Crippen LogP contribution < -0.4 is 9.47 Å². The maximum absolute atomic E-state index is 11.9. The molecule has 6 nitrogen and oxygen atoms in total. The molecule has 0 fully saturated rings. The van der Waals surface area contributed by atoms with Gasteiger partial charge in [-0.2, -0.15) is 0 Å². The average molecular weight is 384 g/mol. The fourth-order valence-corrected chi connectivity index (χ4v) is 2.41. The fraction of sp³-hybridized carbons (Fsp3) is 0.273. The highest BCUT2D eigenvalue weighted by Crippen LogP contribution is 2.29. The minimum absolute atomic E-state index is 0.0725. The third kappa shape index (κ3) is 6.64. The molecule has 0 saturated heterocycles. The SMILES string of the molecule is COCOc1ccc(C=Cc2ccc(C(=O)CC(C)=O)cc2)cc1OCOC. The van der Waals surface area contributed by atoms with Crippen LogP contribution in [0.3, 0.4) is 0 Å². The first kappa shape index (κ1) is 21.3. The molecule has 0 amide bonds. The van der Waals surface area contributed by atoms with Crippen LogP contribution in [0.1, 0.15) is 34.8 Å². The van der Waals surface area contributed by atoms with Gasteiger partial charge in [0.25, 0.3) is 0 Å². The number of benzene rings is 2. The highest BCUT2D eigenvalue weighted by atomic mass is 16.7. The summed E-state index contributed by atoms with van der Waals surface area (Å²) in [5, 5.41) is 0. The van der Waals surface area contributed by atoms with Gasteiger partial charge in [0.15, 0.2) is 30.9 Å². The van der Waals surface area contributed by atoms with Gasteiger partial charge >= 0.3 is 0 Å². The van der Waals surface area contributed by atoms with Gasteiger partial charge in [-0.15, -0.1) is 0 Å². The average Bonchev–Trinajstić information content (AvgIpc) is 2.69. The Morgan fingerprint density at radius 2 is 1.39 bits per heavy atom. The van der Waals surface area contributed by atoms with Crippen molar-refractivity contribution in [1.82, 2.24) is 0 Å². The second-order valence-electron chi connectivity index (χ2n) is 6.07. The van der Waals surface area contributed by atoms with Gasteiger partial charge in [-0.1, -0.05) is 42.5 Å². The predicted molar refractivity (Wildman–Crippen MR) is 106 cm³/mol. The summed E-state index contributed by atoms with van der Waals surface area (Å²) < 4.78 is 20.9. The minimum Gasteiger partial charge on any atom is -0.464 e. The largest absolute Gasteiger partial charge is 0.464 e. The molecule has 148 valence electrons. The first-order valence-corrected chi connectivity index (χ1v) is 8.71. The Kier molecular flexibility index (Phi) is 8.39. The second kappa shape index (κ2) is 11.0. The van der Waals surface area contributed by atoms with Crippen molar-refractivity contribution in [1.29, 1.82) is 0 Å². The normalized spacial score (nSPS) is 10.8. The van der Waals surface area contributed by atoms with Gasteiger partial charge in [0.2, 0.25) is 0 Å². The Hall–Kier alpha value is -2.96. The zero-order chi connectivity index (χ0) is 20.4. The molecule has 0 aromatic heterocycles. The van der Waals surface area contributed by atoms with E-state index in [1.54, 1.807) is 32.4 Å². The number of ether oxygens (including phenoxy) is 4. The topological polar surface area (TPSA) is 71.1 Å². The van der Waals surface area contributed by atoms with E-state index in [0.717, 1.165) is 11.1 Å². The summed E-state index contributed by atoms with van der Waals surface area (Å²) in [4.78, 5) is 23.0. The molecular formula is C22H24O6. The second-order valence-corrected chi connectivity index (χ2v) is 6.07. The van der Waals surface area contributed by atoms with Crippen LogP contribution >= 0.6 is 0 Å². The smallest absolute Gasteiger partial charge is 0.188 e. The minimum atomic E-state index is -0.172. The summed E-state index contributed by atoms with van der Waals surface area (Å²) in [7, 11) is 3.09. The van der Waals surface area contributed by atoms with Crippen molar-refractivity contribution < 1.29 is 28.5 Å². The van der Waals surface area contributed by atoms with E-state index in [4.69, 9.17) is 18.9 Å². The van der Waals surface area contributed by atoms with Crippen molar-refractivity contribution in [3.05, 3.63) is 59.2 Å². The van der Waals surface area contributed by atoms with Gasteiger partial charge in [-0.25, -0.2) is 0 Å². The third-order valence-electron chi connectivity index (χ3n) is 3.74. The number of ketones is 2. The number of hydrogen-bond acceptors (Lipinski definition) is 6. The van der Waals surface area contributed by atoms with Gasteiger partial charge in [0, 0.05) is 19.8 Å². The zero-order valence-corrected chi connectivity index (χ0v) is 16.3. The molecule has 0 bridgehead atoms. The molecule has 6 heteroatoms. The molecule has 0 aliphatic rings. The van der Waals surface area contributed by atoms with Gasteiger partial charge in [-0.3, -0.25) is 9.59 Å². The molecule has 2 aromatic carbocycles. The van der Waals surface area contributed by atoms with Gasteiger partial charge < -0.3 is 18.9 Å². The van der Waals surface area contributed by atoms with Crippen LogP contribution in [0.2, 0.25) is 0 Å². The van der Waals surface area contributed by atoms with Crippen molar-refractivity contribution in [2.45, 2.75) is 13.3 Å². The molecule has 2 aromatic rings. The molecule has 28 heavy (non-hydrogen) atoms.